The maximum absolute atomic E-state index is 12.9. The number of nitrogens with zero attached hydrogens (tertiary/aromatic N) is 1. The van der Waals surface area contributed by atoms with Crippen molar-refractivity contribution in [3.8, 4) is 0 Å². The maximum atomic E-state index is 12.9. The Morgan fingerprint density at radius 1 is 0.962 bits per heavy atom. The van der Waals surface area contributed by atoms with Crippen LogP contribution in [0.1, 0.15) is 39.3 Å². The number of fused-ring (bicyclic) bond motifs is 1. The Bertz CT molecular complexity index is 950. The van der Waals surface area contributed by atoms with E-state index in [1.54, 1.807) is 4.90 Å². The molecule has 3 aromatic rings. The minimum absolute atomic E-state index is 0.0155. The van der Waals surface area contributed by atoms with Crippen molar-refractivity contribution in [3.05, 3.63) is 71.5 Å². The Kier molecular flexibility index (Phi) is 4.33. The van der Waals surface area contributed by atoms with Gasteiger partial charge in [0, 0.05) is 35.5 Å². The number of aryl methyl sites for hydroxylation is 1. The minimum atomic E-state index is -0.0793. The van der Waals surface area contributed by atoms with Gasteiger partial charge in [0.15, 0.2) is 11.5 Å². The van der Waals surface area contributed by atoms with Gasteiger partial charge in [-0.1, -0.05) is 48.5 Å². The second-order valence-electron chi connectivity index (χ2n) is 6.85. The lowest BCUT2D eigenvalue weighted by molar-refractivity contribution is 0.0625. The maximum Gasteiger partial charge on any atom is 0.289 e. The van der Waals surface area contributed by atoms with E-state index in [2.05, 4.69) is 0 Å². The first kappa shape index (κ1) is 16.6. The highest BCUT2D eigenvalue weighted by molar-refractivity contribution is 6.00. The Morgan fingerprint density at radius 2 is 1.62 bits per heavy atom. The van der Waals surface area contributed by atoms with Gasteiger partial charge in [-0.25, -0.2) is 0 Å². The van der Waals surface area contributed by atoms with Crippen molar-refractivity contribution in [1.82, 2.24) is 4.90 Å². The minimum Gasteiger partial charge on any atom is -0.451 e. The number of ketones is 1. The molecule has 0 N–H and O–H groups in total. The molecule has 1 amide bonds. The fourth-order valence-corrected chi connectivity index (χ4v) is 3.70. The lowest BCUT2D eigenvalue weighted by Crippen LogP contribution is -2.40. The molecule has 1 aliphatic heterocycles. The molecular formula is C22H21NO3. The van der Waals surface area contributed by atoms with Gasteiger partial charge in [-0.3, -0.25) is 9.59 Å². The summed E-state index contributed by atoms with van der Waals surface area (Å²) < 4.78 is 5.80. The molecule has 132 valence electrons. The first-order chi connectivity index (χ1) is 12.6. The number of amides is 1. The van der Waals surface area contributed by atoms with Crippen molar-refractivity contribution in [3.63, 3.8) is 0 Å². The highest BCUT2D eigenvalue weighted by atomic mass is 16.3. The average molecular weight is 347 g/mol. The molecule has 0 radical (unpaired) electrons. The van der Waals surface area contributed by atoms with Crippen LogP contribution in [0.5, 0.6) is 0 Å². The van der Waals surface area contributed by atoms with Crippen LogP contribution in [0.25, 0.3) is 11.0 Å². The van der Waals surface area contributed by atoms with Crippen LogP contribution >= 0.6 is 0 Å². The number of hydrogen-bond donors (Lipinski definition) is 0. The van der Waals surface area contributed by atoms with E-state index in [1.807, 2.05) is 61.5 Å². The van der Waals surface area contributed by atoms with Crippen LogP contribution in [0, 0.1) is 12.8 Å². The van der Waals surface area contributed by atoms with E-state index >= 15 is 0 Å². The topological polar surface area (TPSA) is 50.5 Å². The number of Topliss-reactive ketones (excluding diaryl/α,β-unsaturated/α-hetero) is 1. The molecule has 0 bridgehead atoms. The summed E-state index contributed by atoms with van der Waals surface area (Å²) in [6.07, 6.45) is 1.39. The van der Waals surface area contributed by atoms with Crippen LogP contribution < -0.4 is 0 Å². The normalized spacial score (nSPS) is 15.3. The molecule has 0 saturated carbocycles. The number of rotatable bonds is 3. The van der Waals surface area contributed by atoms with Gasteiger partial charge in [0.25, 0.3) is 5.91 Å². The lowest BCUT2D eigenvalue weighted by Gasteiger charge is -2.31. The van der Waals surface area contributed by atoms with E-state index in [0.29, 0.717) is 31.7 Å². The van der Waals surface area contributed by atoms with Crippen LogP contribution in [-0.2, 0) is 0 Å². The van der Waals surface area contributed by atoms with E-state index in [9.17, 15) is 9.59 Å². The second kappa shape index (κ2) is 6.79. The molecule has 1 saturated heterocycles. The molecule has 0 spiro atoms. The third-order valence-corrected chi connectivity index (χ3v) is 5.25. The Balaban J connectivity index is 1.46. The van der Waals surface area contributed by atoms with Gasteiger partial charge in [0.1, 0.15) is 5.58 Å². The molecule has 2 aromatic carbocycles. The molecule has 4 heteroatoms. The van der Waals surface area contributed by atoms with Gasteiger partial charge in [-0.15, -0.1) is 0 Å². The fourth-order valence-electron chi connectivity index (χ4n) is 3.70. The van der Waals surface area contributed by atoms with E-state index in [4.69, 9.17) is 4.42 Å². The summed E-state index contributed by atoms with van der Waals surface area (Å²) in [6, 6.07) is 17.1. The molecule has 2 heterocycles. The Hall–Kier alpha value is -2.88. The summed E-state index contributed by atoms with van der Waals surface area (Å²) in [6.45, 7) is 3.09. The number of likely N-dealkylation sites (tertiary alicyclic amines) is 1. The molecule has 0 aliphatic carbocycles. The van der Waals surface area contributed by atoms with E-state index in [1.165, 1.54) is 0 Å². The van der Waals surface area contributed by atoms with Gasteiger partial charge < -0.3 is 9.32 Å². The van der Waals surface area contributed by atoms with Crippen LogP contribution in [0.4, 0.5) is 0 Å². The van der Waals surface area contributed by atoms with Crippen LogP contribution in [0.2, 0.25) is 0 Å². The smallest absolute Gasteiger partial charge is 0.289 e. The quantitative estimate of drug-likeness (QED) is 0.657. The third-order valence-electron chi connectivity index (χ3n) is 5.25. The van der Waals surface area contributed by atoms with E-state index < -0.39 is 0 Å². The largest absolute Gasteiger partial charge is 0.451 e. The molecule has 0 atom stereocenters. The standard InChI is InChI=1S/C22H21NO3/c1-15-18-9-5-6-10-19(18)26-21(15)22(25)23-13-11-17(12-14-23)20(24)16-7-3-2-4-8-16/h2-10,17H,11-14H2,1H3. The molecule has 4 nitrogen and oxygen atoms in total. The Labute approximate surface area is 152 Å². The zero-order chi connectivity index (χ0) is 18.1. The molecule has 1 fully saturated rings. The summed E-state index contributed by atoms with van der Waals surface area (Å²) in [5.41, 5.74) is 2.38. The number of furan rings is 1. The van der Waals surface area contributed by atoms with Gasteiger partial charge in [0.2, 0.25) is 0 Å². The van der Waals surface area contributed by atoms with Crippen LogP contribution in [-0.4, -0.2) is 29.7 Å². The summed E-state index contributed by atoms with van der Waals surface area (Å²) in [5.74, 6) is 0.499. The lowest BCUT2D eigenvalue weighted by atomic mass is 9.89. The second-order valence-corrected chi connectivity index (χ2v) is 6.85. The molecule has 1 aromatic heterocycles. The average Bonchev–Trinajstić information content (AvgIpc) is 3.04. The van der Waals surface area contributed by atoms with Gasteiger partial charge in [-0.05, 0) is 25.8 Å². The molecule has 4 rings (SSSR count). The highest BCUT2D eigenvalue weighted by Crippen LogP contribution is 2.28. The summed E-state index contributed by atoms with van der Waals surface area (Å²) in [5, 5.41) is 0.977. The monoisotopic (exact) mass is 347 g/mol. The van der Waals surface area contributed by atoms with Crippen molar-refractivity contribution in [1.29, 1.82) is 0 Å². The van der Waals surface area contributed by atoms with Crippen molar-refractivity contribution in [2.24, 2.45) is 5.92 Å². The van der Waals surface area contributed by atoms with Gasteiger partial charge in [0.05, 0.1) is 0 Å². The zero-order valence-electron chi connectivity index (χ0n) is 14.8. The van der Waals surface area contributed by atoms with Crippen molar-refractivity contribution >= 4 is 22.7 Å². The van der Waals surface area contributed by atoms with Crippen molar-refractivity contribution in [2.75, 3.05) is 13.1 Å². The fraction of sp³-hybridized carbons (Fsp3) is 0.273. The summed E-state index contributed by atoms with van der Waals surface area (Å²) in [4.78, 5) is 27.3. The number of piperidine rings is 1. The molecule has 0 unspecified atom stereocenters. The molecular weight excluding hydrogens is 326 g/mol. The predicted octanol–water partition coefficient (Wildman–Crippen LogP) is 4.48. The molecule has 26 heavy (non-hydrogen) atoms. The predicted molar refractivity (Wildman–Crippen MR) is 100 cm³/mol. The first-order valence-corrected chi connectivity index (χ1v) is 9.02. The first-order valence-electron chi connectivity index (χ1n) is 9.02. The van der Waals surface area contributed by atoms with Gasteiger partial charge in [-0.2, -0.15) is 0 Å². The highest BCUT2D eigenvalue weighted by Gasteiger charge is 2.30. The summed E-state index contributed by atoms with van der Waals surface area (Å²) >= 11 is 0. The van der Waals surface area contributed by atoms with Crippen molar-refractivity contribution in [2.45, 2.75) is 19.8 Å². The number of hydrogen-bond acceptors (Lipinski definition) is 3. The van der Waals surface area contributed by atoms with E-state index in [-0.39, 0.29) is 17.6 Å². The number of benzene rings is 2. The third kappa shape index (κ3) is 2.92. The summed E-state index contributed by atoms with van der Waals surface area (Å²) in [7, 11) is 0. The van der Waals surface area contributed by atoms with Gasteiger partial charge >= 0.3 is 0 Å². The Morgan fingerprint density at radius 3 is 2.31 bits per heavy atom. The van der Waals surface area contributed by atoms with Crippen LogP contribution in [0.3, 0.4) is 0 Å². The van der Waals surface area contributed by atoms with E-state index in [0.717, 1.165) is 22.1 Å². The van der Waals surface area contributed by atoms with Crippen LogP contribution in [0.15, 0.2) is 59.0 Å². The zero-order valence-corrected chi connectivity index (χ0v) is 14.8. The number of carbonyl (C=O) groups excluding carboxylic acids is 2. The number of para-hydroxylation sites is 1. The molecule has 1 aliphatic rings. The van der Waals surface area contributed by atoms with Crippen molar-refractivity contribution < 1.29 is 14.0 Å². The SMILES string of the molecule is Cc1c(C(=O)N2CCC(C(=O)c3ccccc3)CC2)oc2ccccc12. The number of carbonyl (C=O) groups is 2.